The van der Waals surface area contributed by atoms with Crippen molar-refractivity contribution in [3.63, 3.8) is 0 Å². The number of nitrogens with zero attached hydrogens (tertiary/aromatic N) is 1. The Morgan fingerprint density at radius 1 is 0.638 bits per heavy atom. The molecule has 4 heteroatoms. The summed E-state index contributed by atoms with van der Waals surface area (Å²) >= 11 is 1.94. The highest BCUT2D eigenvalue weighted by atomic mass is 32.2. The molecule has 1 aromatic heterocycles. The fraction of sp³-hybridized carbons (Fsp3) is 0.0698. The van der Waals surface area contributed by atoms with Gasteiger partial charge in [0, 0.05) is 32.2 Å². The number of rotatable bonds is 4. The lowest BCUT2D eigenvalue weighted by molar-refractivity contribution is 0.118. The topological polar surface area (TPSA) is 26.2 Å². The SMILES string of the molecule is C1=CC2Sc3ccc(-c4ccccc4)cc3C2C2=C1NC(c1ccc(-c3cccc4c3c3ccccc3n4-c3ccccc3)cc1)O2. The van der Waals surface area contributed by atoms with Crippen LogP contribution in [0.2, 0.25) is 0 Å². The van der Waals surface area contributed by atoms with Gasteiger partial charge in [-0.3, -0.25) is 0 Å². The zero-order valence-electron chi connectivity index (χ0n) is 25.5. The second-order valence-electron chi connectivity index (χ2n) is 12.5. The molecule has 0 radical (unpaired) electrons. The molecule has 3 unspecified atom stereocenters. The summed E-state index contributed by atoms with van der Waals surface area (Å²) in [5.41, 5.74) is 12.1. The van der Waals surface area contributed by atoms with E-state index in [1.54, 1.807) is 0 Å². The first-order chi connectivity index (χ1) is 23.3. The first-order valence-corrected chi connectivity index (χ1v) is 17.1. The van der Waals surface area contributed by atoms with Gasteiger partial charge in [-0.2, -0.15) is 0 Å². The predicted molar refractivity (Wildman–Crippen MR) is 194 cm³/mol. The molecule has 2 aliphatic heterocycles. The van der Waals surface area contributed by atoms with E-state index in [0.29, 0.717) is 5.25 Å². The molecule has 3 atom stereocenters. The van der Waals surface area contributed by atoms with E-state index in [1.807, 2.05) is 11.8 Å². The average Bonchev–Trinajstić information content (AvgIpc) is 3.84. The van der Waals surface area contributed by atoms with Gasteiger partial charge in [-0.05, 0) is 70.3 Å². The first kappa shape index (κ1) is 26.7. The molecule has 3 heterocycles. The second-order valence-corrected chi connectivity index (χ2v) is 13.7. The van der Waals surface area contributed by atoms with Gasteiger partial charge in [0.05, 0.1) is 22.6 Å². The number of benzene rings is 6. The molecule has 10 rings (SSSR count). The van der Waals surface area contributed by atoms with Crippen LogP contribution in [0.5, 0.6) is 0 Å². The summed E-state index contributed by atoms with van der Waals surface area (Å²) in [5.74, 6) is 1.26. The largest absolute Gasteiger partial charge is 0.468 e. The van der Waals surface area contributed by atoms with Gasteiger partial charge < -0.3 is 14.6 Å². The van der Waals surface area contributed by atoms with Gasteiger partial charge in [-0.15, -0.1) is 11.8 Å². The molecule has 47 heavy (non-hydrogen) atoms. The van der Waals surface area contributed by atoms with Crippen molar-refractivity contribution in [2.24, 2.45) is 0 Å². The van der Waals surface area contributed by atoms with Crippen molar-refractivity contribution in [3.05, 3.63) is 180 Å². The summed E-state index contributed by atoms with van der Waals surface area (Å²) in [6, 6.07) is 52.5. The molecule has 0 saturated carbocycles. The second kappa shape index (κ2) is 10.5. The van der Waals surface area contributed by atoms with Gasteiger partial charge in [0.15, 0.2) is 6.23 Å². The monoisotopic (exact) mass is 622 g/mol. The number of hydrogen-bond acceptors (Lipinski definition) is 3. The minimum atomic E-state index is -0.223. The summed E-state index contributed by atoms with van der Waals surface area (Å²) in [7, 11) is 0. The standard InChI is InChI=1S/C43H30N2OS/c1-3-10-27(11-4-1)30-22-24-38-34(26-30)41-39(47-38)25-23-35-42(41)46-43(44-35)29-20-18-28(19-21-29)32-15-9-17-37-40(32)33-14-7-8-16-36(33)45(37)31-12-5-2-6-13-31/h1-26,39,41,43-44H. The highest BCUT2D eigenvalue weighted by Crippen LogP contribution is 2.54. The van der Waals surface area contributed by atoms with Gasteiger partial charge in [0.25, 0.3) is 0 Å². The van der Waals surface area contributed by atoms with E-state index in [0.717, 1.165) is 17.0 Å². The lowest BCUT2D eigenvalue weighted by Gasteiger charge is -2.22. The third kappa shape index (κ3) is 4.22. The Kier molecular flexibility index (Phi) is 6.00. The number of nitrogens with one attached hydrogen (secondary N) is 1. The van der Waals surface area contributed by atoms with Crippen LogP contribution in [0.15, 0.2) is 174 Å². The van der Waals surface area contributed by atoms with Crippen LogP contribution in [0.25, 0.3) is 49.7 Å². The van der Waals surface area contributed by atoms with Crippen LogP contribution in [-0.4, -0.2) is 9.82 Å². The molecular formula is C43H30N2OS. The van der Waals surface area contributed by atoms with Crippen molar-refractivity contribution < 1.29 is 4.74 Å². The predicted octanol–water partition coefficient (Wildman–Crippen LogP) is 10.8. The molecule has 7 aromatic rings. The maximum Gasteiger partial charge on any atom is 0.196 e. The van der Waals surface area contributed by atoms with Gasteiger partial charge in [-0.25, -0.2) is 0 Å². The summed E-state index contributed by atoms with van der Waals surface area (Å²) in [5, 5.41) is 6.57. The fourth-order valence-corrected chi connectivity index (χ4v) is 8.97. The molecule has 3 aliphatic rings. The zero-order chi connectivity index (χ0) is 30.9. The number of allylic oxidation sites excluding steroid dienone is 2. The average molecular weight is 623 g/mol. The quantitative estimate of drug-likeness (QED) is 0.212. The molecule has 0 amide bonds. The Morgan fingerprint density at radius 2 is 1.38 bits per heavy atom. The summed E-state index contributed by atoms with van der Waals surface area (Å²) < 4.78 is 9.17. The third-order valence-electron chi connectivity index (χ3n) is 9.81. The Morgan fingerprint density at radius 3 is 2.23 bits per heavy atom. The van der Waals surface area contributed by atoms with Crippen LogP contribution in [0, 0.1) is 0 Å². The van der Waals surface area contributed by atoms with E-state index < -0.39 is 0 Å². The minimum Gasteiger partial charge on any atom is -0.468 e. The molecule has 1 aliphatic carbocycles. The van der Waals surface area contributed by atoms with Crippen molar-refractivity contribution in [3.8, 4) is 27.9 Å². The van der Waals surface area contributed by atoms with E-state index in [4.69, 9.17) is 4.74 Å². The van der Waals surface area contributed by atoms with Crippen LogP contribution < -0.4 is 5.32 Å². The van der Waals surface area contributed by atoms with Gasteiger partial charge in [0.2, 0.25) is 0 Å². The minimum absolute atomic E-state index is 0.204. The number of para-hydroxylation sites is 2. The normalized spacial score (nSPS) is 19.4. The Hall–Kier alpha value is -5.45. The summed E-state index contributed by atoms with van der Waals surface area (Å²) in [4.78, 5) is 1.34. The highest BCUT2D eigenvalue weighted by Gasteiger charge is 2.43. The van der Waals surface area contributed by atoms with E-state index in [-0.39, 0.29) is 12.1 Å². The number of fused-ring (bicyclic) bond motifs is 7. The molecule has 0 spiro atoms. The van der Waals surface area contributed by atoms with Crippen LogP contribution in [0.4, 0.5) is 0 Å². The molecule has 6 aromatic carbocycles. The summed E-state index contributed by atoms with van der Waals surface area (Å²) in [6.45, 7) is 0. The number of aromatic nitrogens is 1. The molecule has 0 fully saturated rings. The molecule has 0 bridgehead atoms. The van der Waals surface area contributed by atoms with E-state index >= 15 is 0 Å². The smallest absolute Gasteiger partial charge is 0.196 e. The Bertz CT molecular complexity index is 2390. The lowest BCUT2D eigenvalue weighted by atomic mass is 9.88. The molecule has 1 N–H and O–H groups in total. The molecule has 3 nitrogen and oxygen atoms in total. The van der Waals surface area contributed by atoms with E-state index in [9.17, 15) is 0 Å². The van der Waals surface area contributed by atoms with Crippen LogP contribution >= 0.6 is 11.8 Å². The highest BCUT2D eigenvalue weighted by molar-refractivity contribution is 8.00. The Labute approximate surface area is 277 Å². The first-order valence-electron chi connectivity index (χ1n) is 16.2. The van der Waals surface area contributed by atoms with E-state index in [2.05, 4.69) is 168 Å². The van der Waals surface area contributed by atoms with Gasteiger partial charge in [0.1, 0.15) is 5.76 Å². The zero-order valence-corrected chi connectivity index (χ0v) is 26.3. The Balaban J connectivity index is 0.977. The lowest BCUT2D eigenvalue weighted by Crippen LogP contribution is -2.16. The molecule has 0 saturated heterocycles. The van der Waals surface area contributed by atoms with Crippen LogP contribution in [-0.2, 0) is 4.74 Å². The van der Waals surface area contributed by atoms with Gasteiger partial charge >= 0.3 is 0 Å². The molecular weight excluding hydrogens is 593 g/mol. The number of ether oxygens (including phenoxy) is 1. The van der Waals surface area contributed by atoms with Crippen molar-refractivity contribution >= 4 is 33.6 Å². The van der Waals surface area contributed by atoms with Crippen LogP contribution in [0.3, 0.4) is 0 Å². The fourth-order valence-electron chi connectivity index (χ4n) is 7.64. The van der Waals surface area contributed by atoms with Gasteiger partial charge in [-0.1, -0.05) is 115 Å². The third-order valence-corrected chi connectivity index (χ3v) is 11.1. The summed E-state index contributed by atoms with van der Waals surface area (Å²) in [6.07, 6.45) is 4.33. The van der Waals surface area contributed by atoms with Crippen molar-refractivity contribution in [2.45, 2.75) is 22.3 Å². The molecule has 224 valence electrons. The number of hydrogen-bond donors (Lipinski definition) is 1. The van der Waals surface area contributed by atoms with E-state index in [1.165, 1.54) is 60.2 Å². The number of thioether (sulfide) groups is 1. The maximum atomic E-state index is 6.79. The van der Waals surface area contributed by atoms with Crippen molar-refractivity contribution in [2.75, 3.05) is 0 Å². The maximum absolute atomic E-state index is 6.79. The van der Waals surface area contributed by atoms with Crippen LogP contribution in [0.1, 0.15) is 23.3 Å². The van der Waals surface area contributed by atoms with Crippen molar-refractivity contribution in [1.29, 1.82) is 0 Å². The van der Waals surface area contributed by atoms with Crippen molar-refractivity contribution in [1.82, 2.24) is 9.88 Å².